The number of hydrogen-bond acceptors (Lipinski definition) is 4. The first kappa shape index (κ1) is 19.3. The maximum Gasteiger partial charge on any atom is 0.255 e. The summed E-state index contributed by atoms with van der Waals surface area (Å²) in [5.74, 6) is -0.892. The minimum Gasteiger partial charge on any atom is -0.376 e. The Morgan fingerprint density at radius 2 is 1.70 bits per heavy atom. The van der Waals surface area contributed by atoms with E-state index in [4.69, 9.17) is 0 Å². The van der Waals surface area contributed by atoms with E-state index in [-0.39, 0.29) is 4.90 Å². The number of benzene rings is 2. The van der Waals surface area contributed by atoms with Crippen molar-refractivity contribution in [3.05, 3.63) is 53.8 Å². The summed E-state index contributed by atoms with van der Waals surface area (Å²) in [6.45, 7) is 1.05. The van der Waals surface area contributed by atoms with E-state index in [1.807, 2.05) is 0 Å². The van der Waals surface area contributed by atoms with Gasteiger partial charge in [-0.1, -0.05) is 0 Å². The molecule has 2 aromatic carbocycles. The van der Waals surface area contributed by atoms with Crippen LogP contribution < -0.4 is 10.2 Å². The maximum absolute atomic E-state index is 13.6. The largest absolute Gasteiger partial charge is 0.376 e. The van der Waals surface area contributed by atoms with Gasteiger partial charge in [-0.25, -0.2) is 12.8 Å². The van der Waals surface area contributed by atoms with Crippen LogP contribution in [0.1, 0.15) is 23.2 Å². The van der Waals surface area contributed by atoms with Gasteiger partial charge < -0.3 is 10.2 Å². The van der Waals surface area contributed by atoms with E-state index in [1.165, 1.54) is 40.7 Å². The van der Waals surface area contributed by atoms with Crippen LogP contribution in [0, 0.1) is 5.82 Å². The smallest absolute Gasteiger partial charge is 0.255 e. The van der Waals surface area contributed by atoms with Crippen molar-refractivity contribution in [3.8, 4) is 0 Å². The van der Waals surface area contributed by atoms with Gasteiger partial charge >= 0.3 is 0 Å². The number of carbonyl (C=O) groups excluding carboxylic acids is 1. The Kier molecular flexibility index (Phi) is 5.48. The number of nitrogens with zero attached hydrogens (tertiary/aromatic N) is 2. The first-order chi connectivity index (χ1) is 12.8. The molecule has 1 saturated heterocycles. The van der Waals surface area contributed by atoms with Crippen molar-refractivity contribution in [2.75, 3.05) is 37.4 Å². The van der Waals surface area contributed by atoms with Gasteiger partial charge in [-0.3, -0.25) is 4.79 Å². The Bertz CT molecular complexity index is 937. The van der Waals surface area contributed by atoms with Gasteiger partial charge in [-0.15, -0.1) is 0 Å². The van der Waals surface area contributed by atoms with E-state index < -0.39 is 21.7 Å². The Labute approximate surface area is 158 Å². The lowest BCUT2D eigenvalue weighted by Gasteiger charge is -2.18. The molecule has 27 heavy (non-hydrogen) atoms. The number of anilines is 2. The van der Waals surface area contributed by atoms with Crippen molar-refractivity contribution < 1.29 is 17.6 Å². The maximum atomic E-state index is 13.6. The van der Waals surface area contributed by atoms with Crippen LogP contribution >= 0.6 is 0 Å². The quantitative estimate of drug-likeness (QED) is 0.851. The molecule has 3 rings (SSSR count). The summed E-state index contributed by atoms with van der Waals surface area (Å²) in [4.78, 5) is 14.4. The third kappa shape index (κ3) is 4.12. The average Bonchev–Trinajstić information content (AvgIpc) is 3.17. The van der Waals surface area contributed by atoms with Crippen molar-refractivity contribution in [3.63, 3.8) is 0 Å². The van der Waals surface area contributed by atoms with Crippen molar-refractivity contribution in [1.82, 2.24) is 4.31 Å². The van der Waals surface area contributed by atoms with Crippen molar-refractivity contribution >= 4 is 27.3 Å². The molecule has 0 aromatic heterocycles. The van der Waals surface area contributed by atoms with Crippen LogP contribution in [-0.4, -0.2) is 45.8 Å². The second kappa shape index (κ2) is 7.66. The summed E-state index contributed by atoms with van der Waals surface area (Å²) in [6, 6.07) is 9.95. The van der Waals surface area contributed by atoms with Gasteiger partial charge in [0.2, 0.25) is 10.0 Å². The minimum atomic E-state index is -3.52. The number of halogens is 1. The SMILES string of the molecule is CN(C)c1ccc(F)cc1NC(=O)c1ccc(S(=O)(=O)N2CCCC2)cc1. The van der Waals surface area contributed by atoms with E-state index >= 15 is 0 Å². The standard InChI is InChI=1S/C19H22FN3O3S/c1-22(2)18-10-7-15(20)13-17(18)21-19(24)14-5-8-16(9-6-14)27(25,26)23-11-3-4-12-23/h5-10,13H,3-4,11-12H2,1-2H3,(H,21,24). The second-order valence-corrected chi connectivity index (χ2v) is 8.58. The number of carbonyl (C=O) groups is 1. The van der Waals surface area contributed by atoms with Crippen LogP contribution in [0.4, 0.5) is 15.8 Å². The highest BCUT2D eigenvalue weighted by Crippen LogP contribution is 2.26. The molecule has 1 heterocycles. The predicted octanol–water partition coefficient (Wildman–Crippen LogP) is 2.93. The molecule has 0 spiro atoms. The molecule has 0 bridgehead atoms. The molecular weight excluding hydrogens is 369 g/mol. The molecular formula is C19H22FN3O3S. The van der Waals surface area contributed by atoms with Crippen molar-refractivity contribution in [2.24, 2.45) is 0 Å². The fourth-order valence-electron chi connectivity index (χ4n) is 3.05. The Morgan fingerprint density at radius 1 is 1.07 bits per heavy atom. The number of nitrogens with one attached hydrogen (secondary N) is 1. The molecule has 144 valence electrons. The zero-order chi connectivity index (χ0) is 19.6. The summed E-state index contributed by atoms with van der Waals surface area (Å²) in [5, 5.41) is 2.68. The predicted molar refractivity (Wildman–Crippen MR) is 103 cm³/mol. The van der Waals surface area contributed by atoms with Crippen LogP contribution in [0.15, 0.2) is 47.4 Å². The Balaban J connectivity index is 1.80. The number of sulfonamides is 1. The van der Waals surface area contributed by atoms with Crippen LogP contribution in [0.3, 0.4) is 0 Å². The summed E-state index contributed by atoms with van der Waals surface area (Å²) in [5.41, 5.74) is 1.31. The van der Waals surface area contributed by atoms with Crippen LogP contribution in [0.5, 0.6) is 0 Å². The third-order valence-corrected chi connectivity index (χ3v) is 6.42. The first-order valence-corrected chi connectivity index (χ1v) is 10.1. The molecule has 1 aliphatic rings. The van der Waals surface area contributed by atoms with E-state index in [0.717, 1.165) is 12.8 Å². The highest BCUT2D eigenvalue weighted by atomic mass is 32.2. The molecule has 0 saturated carbocycles. The lowest BCUT2D eigenvalue weighted by Crippen LogP contribution is -2.27. The molecule has 2 aromatic rings. The topological polar surface area (TPSA) is 69.7 Å². The Morgan fingerprint density at radius 3 is 2.30 bits per heavy atom. The van der Waals surface area contributed by atoms with Gasteiger partial charge in [-0.2, -0.15) is 4.31 Å². The summed E-state index contributed by atoms with van der Waals surface area (Å²) in [6.07, 6.45) is 1.73. The summed E-state index contributed by atoms with van der Waals surface area (Å²) in [7, 11) is 0.0669. The monoisotopic (exact) mass is 391 g/mol. The lowest BCUT2D eigenvalue weighted by molar-refractivity contribution is 0.102. The zero-order valence-corrected chi connectivity index (χ0v) is 16.1. The van der Waals surface area contributed by atoms with E-state index in [0.29, 0.717) is 30.0 Å². The zero-order valence-electron chi connectivity index (χ0n) is 15.3. The van der Waals surface area contributed by atoms with Gasteiger partial charge in [-0.05, 0) is 55.3 Å². The molecule has 6 nitrogen and oxygen atoms in total. The molecule has 1 amide bonds. The summed E-state index contributed by atoms with van der Waals surface area (Å²) >= 11 is 0. The third-order valence-electron chi connectivity index (χ3n) is 4.51. The van der Waals surface area contributed by atoms with E-state index in [2.05, 4.69) is 5.32 Å². The number of amides is 1. The van der Waals surface area contributed by atoms with Gasteiger partial charge in [0.25, 0.3) is 5.91 Å². The van der Waals surface area contributed by atoms with Crippen LogP contribution in [0.2, 0.25) is 0 Å². The van der Waals surface area contributed by atoms with Crippen LogP contribution in [0.25, 0.3) is 0 Å². The fourth-order valence-corrected chi connectivity index (χ4v) is 4.57. The number of rotatable bonds is 5. The molecule has 0 aliphatic carbocycles. The first-order valence-electron chi connectivity index (χ1n) is 8.67. The summed E-state index contributed by atoms with van der Waals surface area (Å²) < 4.78 is 40.1. The molecule has 1 aliphatic heterocycles. The minimum absolute atomic E-state index is 0.167. The highest BCUT2D eigenvalue weighted by Gasteiger charge is 2.27. The van der Waals surface area contributed by atoms with E-state index in [1.54, 1.807) is 25.1 Å². The molecule has 1 N–H and O–H groups in total. The molecule has 0 unspecified atom stereocenters. The normalized spacial score (nSPS) is 14.9. The van der Waals surface area contributed by atoms with E-state index in [9.17, 15) is 17.6 Å². The molecule has 1 fully saturated rings. The molecule has 0 atom stereocenters. The van der Waals surface area contributed by atoms with Gasteiger partial charge in [0.1, 0.15) is 5.82 Å². The molecule has 0 radical (unpaired) electrons. The highest BCUT2D eigenvalue weighted by molar-refractivity contribution is 7.89. The van der Waals surface area contributed by atoms with Crippen LogP contribution in [-0.2, 0) is 10.0 Å². The molecule has 8 heteroatoms. The average molecular weight is 391 g/mol. The van der Waals surface area contributed by atoms with Crippen molar-refractivity contribution in [2.45, 2.75) is 17.7 Å². The second-order valence-electron chi connectivity index (χ2n) is 6.65. The van der Waals surface area contributed by atoms with Gasteiger partial charge in [0.15, 0.2) is 0 Å². The Hall–Kier alpha value is -2.45. The fraction of sp³-hybridized carbons (Fsp3) is 0.316. The number of hydrogen-bond donors (Lipinski definition) is 1. The van der Waals surface area contributed by atoms with Gasteiger partial charge in [0, 0.05) is 32.7 Å². The van der Waals surface area contributed by atoms with Crippen molar-refractivity contribution in [1.29, 1.82) is 0 Å². The van der Waals surface area contributed by atoms with Gasteiger partial charge in [0.05, 0.1) is 16.3 Å². The lowest BCUT2D eigenvalue weighted by atomic mass is 10.2.